The van der Waals surface area contributed by atoms with E-state index in [9.17, 15) is 4.79 Å². The molecule has 3 nitrogen and oxygen atoms in total. The lowest BCUT2D eigenvalue weighted by atomic mass is 10.0. The van der Waals surface area contributed by atoms with Gasteiger partial charge < -0.3 is 10.1 Å². The number of nitrogens with one attached hydrogen (secondary N) is 1. The molecule has 0 bridgehead atoms. The molecule has 27 heavy (non-hydrogen) atoms. The minimum atomic E-state index is -0.105. The summed E-state index contributed by atoms with van der Waals surface area (Å²) in [6.07, 6.45) is 0. The lowest BCUT2D eigenvalue weighted by molar-refractivity contribution is 0.103. The molecule has 0 fully saturated rings. The minimum Gasteiger partial charge on any atom is -0.497 e. The summed E-state index contributed by atoms with van der Waals surface area (Å²) in [6.45, 7) is 0. The molecule has 0 saturated carbocycles. The van der Waals surface area contributed by atoms with E-state index in [-0.39, 0.29) is 11.0 Å². The van der Waals surface area contributed by atoms with Gasteiger partial charge in [-0.05, 0) is 29.8 Å². The molecule has 1 atom stereocenters. The van der Waals surface area contributed by atoms with Gasteiger partial charge in [0.25, 0.3) is 0 Å². The fourth-order valence-corrected chi connectivity index (χ4v) is 5.00. The fraction of sp³-hybridized carbons (Fsp3) is 0.0870. The van der Waals surface area contributed by atoms with E-state index in [0.29, 0.717) is 0 Å². The SMILES string of the molecule is COc1cccc([C@@H]2Sc3ccccc3NC3=C2C(=O)c2ccccc23)c1. The molecule has 3 aromatic carbocycles. The average molecular weight is 371 g/mol. The molecule has 0 aromatic heterocycles. The van der Waals surface area contributed by atoms with Crippen LogP contribution in [0.15, 0.2) is 83.3 Å². The number of hydrogen-bond acceptors (Lipinski definition) is 4. The van der Waals surface area contributed by atoms with E-state index in [1.165, 1.54) is 0 Å². The van der Waals surface area contributed by atoms with Gasteiger partial charge in [0.1, 0.15) is 5.75 Å². The van der Waals surface area contributed by atoms with Crippen LogP contribution >= 0.6 is 11.8 Å². The second-order valence-corrected chi connectivity index (χ2v) is 7.71. The quantitative estimate of drug-likeness (QED) is 0.640. The number of carbonyl (C=O) groups excluding carboxylic acids is 1. The second kappa shape index (κ2) is 6.32. The standard InChI is InChI=1S/C23H17NO2S/c1-26-15-8-6-7-14(13-15)23-20-21(16-9-2-3-10-17(16)22(20)25)24-18-11-4-5-12-19(18)27-23/h2-13,23-24H,1H3/t23-/m0/s1. The number of ketones is 1. The zero-order chi connectivity index (χ0) is 18.4. The van der Waals surface area contributed by atoms with Gasteiger partial charge in [-0.2, -0.15) is 0 Å². The molecule has 3 aromatic rings. The van der Waals surface area contributed by atoms with Crippen molar-refractivity contribution in [2.45, 2.75) is 10.1 Å². The number of thioether (sulfide) groups is 1. The van der Waals surface area contributed by atoms with Crippen molar-refractivity contribution in [2.75, 3.05) is 12.4 Å². The summed E-state index contributed by atoms with van der Waals surface area (Å²) >= 11 is 1.70. The van der Waals surface area contributed by atoms with Gasteiger partial charge in [-0.1, -0.05) is 48.5 Å². The summed E-state index contributed by atoms with van der Waals surface area (Å²) in [4.78, 5) is 14.5. The number of fused-ring (bicyclic) bond motifs is 3. The molecule has 132 valence electrons. The third kappa shape index (κ3) is 2.56. The van der Waals surface area contributed by atoms with Crippen molar-refractivity contribution >= 4 is 28.9 Å². The lowest BCUT2D eigenvalue weighted by Gasteiger charge is -2.18. The smallest absolute Gasteiger partial charge is 0.193 e. The Hall–Kier alpha value is -2.98. The molecule has 2 aliphatic rings. The topological polar surface area (TPSA) is 38.3 Å². The minimum absolute atomic E-state index is 0.0984. The predicted octanol–water partition coefficient (Wildman–Crippen LogP) is 5.56. The molecule has 0 spiro atoms. The van der Waals surface area contributed by atoms with Gasteiger partial charge in [-0.3, -0.25) is 4.79 Å². The molecule has 1 N–H and O–H groups in total. The van der Waals surface area contributed by atoms with Crippen molar-refractivity contribution in [2.24, 2.45) is 0 Å². The maximum Gasteiger partial charge on any atom is 0.193 e. The molecular weight excluding hydrogens is 354 g/mol. The van der Waals surface area contributed by atoms with Gasteiger partial charge in [0.2, 0.25) is 0 Å². The van der Waals surface area contributed by atoms with E-state index < -0.39 is 0 Å². The summed E-state index contributed by atoms with van der Waals surface area (Å²) in [7, 11) is 1.66. The molecule has 0 saturated heterocycles. The fourth-order valence-electron chi connectivity index (χ4n) is 3.72. The van der Waals surface area contributed by atoms with Crippen LogP contribution in [0.1, 0.15) is 26.7 Å². The first-order valence-electron chi connectivity index (χ1n) is 8.81. The number of para-hydroxylation sites is 1. The Labute approximate surface area is 162 Å². The normalized spacial score (nSPS) is 17.5. The number of rotatable bonds is 2. The third-order valence-corrected chi connectivity index (χ3v) is 6.36. The number of benzene rings is 3. The number of ether oxygens (including phenoxy) is 1. The van der Waals surface area contributed by atoms with Crippen molar-refractivity contribution in [3.63, 3.8) is 0 Å². The first kappa shape index (κ1) is 16.2. The van der Waals surface area contributed by atoms with Crippen molar-refractivity contribution in [1.82, 2.24) is 0 Å². The highest BCUT2D eigenvalue weighted by molar-refractivity contribution is 8.00. The first-order chi connectivity index (χ1) is 13.3. The van der Waals surface area contributed by atoms with Crippen molar-refractivity contribution in [3.05, 3.63) is 95.1 Å². The zero-order valence-corrected chi connectivity index (χ0v) is 15.5. The van der Waals surface area contributed by atoms with Gasteiger partial charge in [-0.25, -0.2) is 0 Å². The average Bonchev–Trinajstić information content (AvgIpc) is 2.88. The molecule has 0 unspecified atom stereocenters. The summed E-state index contributed by atoms with van der Waals surface area (Å²) in [6, 6.07) is 24.0. The Morgan fingerprint density at radius 1 is 0.926 bits per heavy atom. The van der Waals surface area contributed by atoms with Crippen LogP contribution in [0.5, 0.6) is 5.75 Å². The van der Waals surface area contributed by atoms with Crippen LogP contribution in [0, 0.1) is 0 Å². The highest BCUT2D eigenvalue weighted by Crippen LogP contribution is 2.52. The van der Waals surface area contributed by atoms with Gasteiger partial charge in [0.05, 0.1) is 23.7 Å². The van der Waals surface area contributed by atoms with Crippen LogP contribution in [0.3, 0.4) is 0 Å². The summed E-state index contributed by atoms with van der Waals surface area (Å²) in [5.41, 5.74) is 5.56. The van der Waals surface area contributed by atoms with Crippen LogP contribution in [0.4, 0.5) is 5.69 Å². The Kier molecular flexibility index (Phi) is 3.80. The maximum absolute atomic E-state index is 13.3. The molecule has 1 heterocycles. The summed E-state index contributed by atoms with van der Waals surface area (Å²) in [5, 5.41) is 3.44. The maximum atomic E-state index is 13.3. The highest BCUT2D eigenvalue weighted by Gasteiger charge is 2.38. The lowest BCUT2D eigenvalue weighted by Crippen LogP contribution is -2.07. The van der Waals surface area contributed by atoms with E-state index in [0.717, 1.165) is 44.3 Å². The number of anilines is 1. The van der Waals surface area contributed by atoms with Crippen LogP contribution in [0.25, 0.3) is 5.70 Å². The number of carbonyl (C=O) groups is 1. The molecule has 4 heteroatoms. The van der Waals surface area contributed by atoms with Crippen molar-refractivity contribution in [1.29, 1.82) is 0 Å². The van der Waals surface area contributed by atoms with Crippen LogP contribution < -0.4 is 10.1 Å². The van der Waals surface area contributed by atoms with Crippen molar-refractivity contribution < 1.29 is 9.53 Å². The van der Waals surface area contributed by atoms with Gasteiger partial charge in [-0.15, -0.1) is 11.8 Å². The molecular formula is C23H17NO2S. The van der Waals surface area contributed by atoms with Crippen LogP contribution in [0.2, 0.25) is 0 Å². The largest absolute Gasteiger partial charge is 0.497 e. The highest BCUT2D eigenvalue weighted by atomic mass is 32.2. The molecule has 0 radical (unpaired) electrons. The number of hydrogen-bond donors (Lipinski definition) is 1. The zero-order valence-electron chi connectivity index (χ0n) is 14.7. The van der Waals surface area contributed by atoms with E-state index >= 15 is 0 Å². The van der Waals surface area contributed by atoms with Gasteiger partial charge in [0, 0.05) is 21.6 Å². The van der Waals surface area contributed by atoms with Crippen molar-refractivity contribution in [3.8, 4) is 5.75 Å². The first-order valence-corrected chi connectivity index (χ1v) is 9.69. The summed E-state index contributed by atoms with van der Waals surface area (Å²) < 4.78 is 5.42. The second-order valence-electron chi connectivity index (χ2n) is 6.56. The Morgan fingerprint density at radius 3 is 2.56 bits per heavy atom. The van der Waals surface area contributed by atoms with Gasteiger partial charge in [0.15, 0.2) is 5.78 Å². The Bertz CT molecular complexity index is 1100. The monoisotopic (exact) mass is 371 g/mol. The molecule has 1 aliphatic carbocycles. The number of Topliss-reactive ketones (excluding diaryl/α,β-unsaturated/α-hetero) is 1. The van der Waals surface area contributed by atoms with E-state index in [1.807, 2.05) is 54.6 Å². The van der Waals surface area contributed by atoms with E-state index in [2.05, 4.69) is 23.5 Å². The molecule has 0 amide bonds. The van der Waals surface area contributed by atoms with E-state index in [1.54, 1.807) is 18.9 Å². The van der Waals surface area contributed by atoms with Gasteiger partial charge >= 0.3 is 0 Å². The molecule has 5 rings (SSSR count). The number of methoxy groups -OCH3 is 1. The van der Waals surface area contributed by atoms with Crippen LogP contribution in [-0.4, -0.2) is 12.9 Å². The Balaban J connectivity index is 1.74. The van der Waals surface area contributed by atoms with E-state index in [4.69, 9.17) is 4.74 Å². The molecule has 1 aliphatic heterocycles. The third-order valence-electron chi connectivity index (χ3n) is 5.01. The van der Waals surface area contributed by atoms with Crippen LogP contribution in [-0.2, 0) is 0 Å². The Morgan fingerprint density at radius 2 is 1.70 bits per heavy atom. The summed E-state index contributed by atoms with van der Waals surface area (Å²) in [5.74, 6) is 0.893. The predicted molar refractivity (Wildman–Crippen MR) is 109 cm³/mol.